The summed E-state index contributed by atoms with van der Waals surface area (Å²) in [4.78, 5) is 17.8. The molecule has 0 saturated carbocycles. The van der Waals surface area contributed by atoms with Crippen molar-refractivity contribution in [2.75, 3.05) is 0 Å². The van der Waals surface area contributed by atoms with Crippen LogP contribution in [0.1, 0.15) is 16.1 Å². The van der Waals surface area contributed by atoms with Gasteiger partial charge in [0.25, 0.3) is 5.91 Å². The van der Waals surface area contributed by atoms with Gasteiger partial charge in [0.2, 0.25) is 0 Å². The van der Waals surface area contributed by atoms with Gasteiger partial charge in [-0.05, 0) is 24.3 Å². The predicted molar refractivity (Wildman–Crippen MR) is 61.7 cm³/mol. The number of pyridine rings is 2. The monoisotopic (exact) mass is 226 g/mol. The van der Waals surface area contributed by atoms with Crippen molar-refractivity contribution in [3.8, 4) is 6.07 Å². The standard InChI is InChI=1S/C6H6N2O.C6H4N2/c7-6(9)5-3-1-2-4-8-5;7-5-6-1-3-8-4-2-6/h1-4H,(H2,7,9);1-4H. The highest BCUT2D eigenvalue weighted by Crippen LogP contribution is 1.90. The summed E-state index contributed by atoms with van der Waals surface area (Å²) in [5, 5.41) is 8.26. The van der Waals surface area contributed by atoms with E-state index < -0.39 is 5.91 Å². The van der Waals surface area contributed by atoms with E-state index in [1.165, 1.54) is 6.20 Å². The molecule has 0 aliphatic heterocycles. The summed E-state index contributed by atoms with van der Waals surface area (Å²) in [6.45, 7) is 0. The molecule has 5 nitrogen and oxygen atoms in total. The summed E-state index contributed by atoms with van der Waals surface area (Å²) in [5.41, 5.74) is 5.87. The molecular formula is C12H10N4O. The first kappa shape index (κ1) is 12.3. The lowest BCUT2D eigenvalue weighted by atomic mass is 10.3. The molecule has 17 heavy (non-hydrogen) atoms. The van der Waals surface area contributed by atoms with Gasteiger partial charge >= 0.3 is 0 Å². The van der Waals surface area contributed by atoms with Crippen molar-refractivity contribution in [3.63, 3.8) is 0 Å². The number of aromatic nitrogens is 2. The Morgan fingerprint density at radius 3 is 2.24 bits per heavy atom. The van der Waals surface area contributed by atoms with Crippen LogP contribution in [0, 0.1) is 11.3 Å². The Morgan fingerprint density at radius 2 is 1.88 bits per heavy atom. The highest BCUT2D eigenvalue weighted by Gasteiger charge is 1.95. The molecule has 5 heteroatoms. The number of nitrogens with zero attached hydrogens (tertiary/aromatic N) is 3. The summed E-state index contributed by atoms with van der Waals surface area (Å²) >= 11 is 0. The Morgan fingerprint density at radius 1 is 1.18 bits per heavy atom. The lowest BCUT2D eigenvalue weighted by molar-refractivity contribution is 0.0995. The fourth-order valence-corrected chi connectivity index (χ4v) is 0.935. The van der Waals surface area contributed by atoms with Gasteiger partial charge in [0, 0.05) is 18.6 Å². The van der Waals surface area contributed by atoms with Crippen LogP contribution in [0.4, 0.5) is 0 Å². The molecule has 0 spiro atoms. The molecule has 0 saturated heterocycles. The van der Waals surface area contributed by atoms with Crippen LogP contribution in [0.5, 0.6) is 0 Å². The highest BCUT2D eigenvalue weighted by molar-refractivity contribution is 5.90. The summed E-state index contributed by atoms with van der Waals surface area (Å²) in [5.74, 6) is -0.490. The van der Waals surface area contributed by atoms with Crippen LogP contribution in [0.15, 0.2) is 48.9 Å². The van der Waals surface area contributed by atoms with Gasteiger partial charge in [-0.25, -0.2) is 0 Å². The van der Waals surface area contributed by atoms with E-state index in [4.69, 9.17) is 11.0 Å². The maximum Gasteiger partial charge on any atom is 0.267 e. The molecular weight excluding hydrogens is 216 g/mol. The maximum absolute atomic E-state index is 10.4. The van der Waals surface area contributed by atoms with Crippen LogP contribution in [0.3, 0.4) is 0 Å². The van der Waals surface area contributed by atoms with E-state index in [0.717, 1.165) is 0 Å². The molecule has 0 aliphatic carbocycles. The number of nitriles is 1. The van der Waals surface area contributed by atoms with E-state index in [1.54, 1.807) is 42.7 Å². The summed E-state index contributed by atoms with van der Waals surface area (Å²) in [6, 6.07) is 10.3. The first-order valence-electron chi connectivity index (χ1n) is 4.75. The van der Waals surface area contributed by atoms with Crippen molar-refractivity contribution in [3.05, 3.63) is 60.2 Å². The number of rotatable bonds is 1. The molecule has 0 unspecified atom stereocenters. The Kier molecular flexibility index (Phi) is 4.85. The molecule has 0 aliphatic rings. The molecule has 2 heterocycles. The third-order valence-electron chi connectivity index (χ3n) is 1.73. The molecule has 2 N–H and O–H groups in total. The minimum Gasteiger partial charge on any atom is -0.364 e. The number of hydrogen-bond donors (Lipinski definition) is 1. The maximum atomic E-state index is 10.4. The predicted octanol–water partition coefficient (Wildman–Crippen LogP) is 1.13. The molecule has 2 aromatic rings. The Labute approximate surface area is 98.6 Å². The van der Waals surface area contributed by atoms with Crippen molar-refractivity contribution in [1.29, 1.82) is 5.26 Å². The molecule has 0 fully saturated rings. The SMILES string of the molecule is N#Cc1ccncc1.NC(=O)c1ccccn1. The van der Waals surface area contributed by atoms with Gasteiger partial charge in [0.15, 0.2) is 0 Å². The first-order chi connectivity index (χ1) is 8.24. The van der Waals surface area contributed by atoms with Crippen LogP contribution in [0.2, 0.25) is 0 Å². The molecule has 1 amide bonds. The number of hydrogen-bond acceptors (Lipinski definition) is 4. The van der Waals surface area contributed by atoms with E-state index in [9.17, 15) is 4.79 Å². The van der Waals surface area contributed by atoms with Gasteiger partial charge < -0.3 is 5.73 Å². The van der Waals surface area contributed by atoms with Crippen molar-refractivity contribution < 1.29 is 4.79 Å². The largest absolute Gasteiger partial charge is 0.364 e. The Hall–Kier alpha value is -2.74. The normalized spacial score (nSPS) is 8.41. The van der Waals surface area contributed by atoms with E-state index in [0.29, 0.717) is 11.3 Å². The molecule has 2 aromatic heterocycles. The van der Waals surface area contributed by atoms with E-state index in [1.807, 2.05) is 6.07 Å². The van der Waals surface area contributed by atoms with Crippen molar-refractivity contribution in [1.82, 2.24) is 9.97 Å². The summed E-state index contributed by atoms with van der Waals surface area (Å²) in [6.07, 6.45) is 4.72. The smallest absolute Gasteiger partial charge is 0.267 e. The second-order valence-electron chi connectivity index (χ2n) is 2.93. The zero-order valence-electron chi connectivity index (χ0n) is 8.95. The van der Waals surface area contributed by atoms with E-state index in [-0.39, 0.29) is 0 Å². The van der Waals surface area contributed by atoms with Crippen LogP contribution >= 0.6 is 0 Å². The number of amides is 1. The minimum absolute atomic E-state index is 0.303. The van der Waals surface area contributed by atoms with Crippen molar-refractivity contribution in [2.24, 2.45) is 5.73 Å². The third-order valence-corrected chi connectivity index (χ3v) is 1.73. The van der Waals surface area contributed by atoms with Gasteiger partial charge in [-0.15, -0.1) is 0 Å². The van der Waals surface area contributed by atoms with Crippen LogP contribution in [-0.4, -0.2) is 15.9 Å². The Bertz CT molecular complexity index is 505. The average molecular weight is 226 g/mol. The van der Waals surface area contributed by atoms with Gasteiger partial charge in [0.05, 0.1) is 11.6 Å². The molecule has 84 valence electrons. The van der Waals surface area contributed by atoms with Crippen LogP contribution < -0.4 is 5.73 Å². The topological polar surface area (TPSA) is 92.7 Å². The average Bonchev–Trinajstić information content (AvgIpc) is 2.41. The second-order valence-corrected chi connectivity index (χ2v) is 2.93. The zero-order chi connectivity index (χ0) is 12.5. The lowest BCUT2D eigenvalue weighted by Gasteiger charge is -1.88. The summed E-state index contributed by atoms with van der Waals surface area (Å²) < 4.78 is 0. The van der Waals surface area contributed by atoms with E-state index in [2.05, 4.69) is 9.97 Å². The number of carbonyl (C=O) groups excluding carboxylic acids is 1. The van der Waals surface area contributed by atoms with Crippen LogP contribution in [0.25, 0.3) is 0 Å². The number of primary amides is 1. The molecule has 0 aromatic carbocycles. The van der Waals surface area contributed by atoms with Gasteiger partial charge in [-0.1, -0.05) is 6.07 Å². The van der Waals surface area contributed by atoms with Gasteiger partial charge in [0.1, 0.15) is 5.69 Å². The fraction of sp³-hybridized carbons (Fsp3) is 0. The van der Waals surface area contributed by atoms with Crippen LogP contribution in [-0.2, 0) is 0 Å². The first-order valence-corrected chi connectivity index (χ1v) is 4.75. The fourth-order valence-electron chi connectivity index (χ4n) is 0.935. The molecule has 2 rings (SSSR count). The quantitative estimate of drug-likeness (QED) is 0.788. The number of nitrogens with two attached hydrogens (primary N) is 1. The Balaban J connectivity index is 0.000000171. The van der Waals surface area contributed by atoms with Crippen molar-refractivity contribution in [2.45, 2.75) is 0 Å². The third kappa shape index (κ3) is 4.53. The lowest BCUT2D eigenvalue weighted by Crippen LogP contribution is -2.12. The van der Waals surface area contributed by atoms with Gasteiger partial charge in [-0.3, -0.25) is 14.8 Å². The highest BCUT2D eigenvalue weighted by atomic mass is 16.1. The number of carbonyl (C=O) groups is 1. The molecule has 0 radical (unpaired) electrons. The molecule has 0 bridgehead atoms. The molecule has 0 atom stereocenters. The van der Waals surface area contributed by atoms with Gasteiger partial charge in [-0.2, -0.15) is 5.26 Å². The second kappa shape index (κ2) is 6.69. The van der Waals surface area contributed by atoms with E-state index >= 15 is 0 Å². The van der Waals surface area contributed by atoms with Crippen molar-refractivity contribution >= 4 is 5.91 Å². The zero-order valence-corrected chi connectivity index (χ0v) is 8.95. The minimum atomic E-state index is -0.490. The summed E-state index contributed by atoms with van der Waals surface area (Å²) in [7, 11) is 0.